The van der Waals surface area contributed by atoms with Crippen LogP contribution in [-0.2, 0) is 4.79 Å². The molecule has 0 aromatic heterocycles. The number of hydrogen-bond donors (Lipinski definition) is 0. The van der Waals surface area contributed by atoms with Gasteiger partial charge >= 0.3 is 0 Å². The van der Waals surface area contributed by atoms with Crippen LogP contribution >= 0.6 is 46.6 Å². The zero-order chi connectivity index (χ0) is 13.3. The normalized spacial score (nSPS) is 21.1. The fraction of sp³-hybridized carbons (Fsp3) is 0.417. The van der Waals surface area contributed by atoms with Gasteiger partial charge in [0.25, 0.3) is 0 Å². The van der Waals surface area contributed by atoms with E-state index in [0.29, 0.717) is 16.6 Å². The largest absolute Gasteiger partial charge is 0.324 e. The van der Waals surface area contributed by atoms with Crippen molar-refractivity contribution < 1.29 is 4.79 Å². The molecule has 2 rings (SSSR count). The first-order valence-corrected chi connectivity index (χ1v) is 7.76. The molecular formula is C12H12Cl3NOS. The van der Waals surface area contributed by atoms with E-state index in [1.807, 2.05) is 12.1 Å². The third-order valence-corrected chi connectivity index (χ3v) is 5.02. The lowest BCUT2D eigenvalue weighted by atomic mass is 10.2. The van der Waals surface area contributed by atoms with E-state index in [1.54, 1.807) is 29.7 Å². The van der Waals surface area contributed by atoms with E-state index in [1.165, 1.54) is 0 Å². The Kier molecular flexibility index (Phi) is 4.70. The van der Waals surface area contributed by atoms with Crippen LogP contribution in [0, 0.1) is 0 Å². The third kappa shape index (κ3) is 2.74. The number of rotatable bonds is 2. The molecule has 0 aliphatic carbocycles. The van der Waals surface area contributed by atoms with Gasteiger partial charge in [-0.15, -0.1) is 23.4 Å². The molecule has 2 unspecified atom stereocenters. The first-order valence-electron chi connectivity index (χ1n) is 5.52. The van der Waals surface area contributed by atoms with E-state index in [2.05, 4.69) is 0 Å². The minimum Gasteiger partial charge on any atom is -0.324 e. The van der Waals surface area contributed by atoms with E-state index in [4.69, 9.17) is 34.8 Å². The summed E-state index contributed by atoms with van der Waals surface area (Å²) in [5.74, 6) is 0.811. The molecule has 18 heavy (non-hydrogen) atoms. The highest BCUT2D eigenvalue weighted by molar-refractivity contribution is 7.99. The van der Waals surface area contributed by atoms with Crippen molar-refractivity contribution in [2.75, 3.05) is 12.3 Å². The molecule has 2 atom stereocenters. The van der Waals surface area contributed by atoms with Gasteiger partial charge in [0.05, 0.1) is 10.0 Å². The second kappa shape index (κ2) is 5.91. The number of alkyl halides is 1. The van der Waals surface area contributed by atoms with Gasteiger partial charge in [0.15, 0.2) is 0 Å². The third-order valence-electron chi connectivity index (χ3n) is 2.76. The van der Waals surface area contributed by atoms with Gasteiger partial charge in [0, 0.05) is 17.9 Å². The van der Waals surface area contributed by atoms with Crippen molar-refractivity contribution in [1.29, 1.82) is 0 Å². The lowest BCUT2D eigenvalue weighted by Crippen LogP contribution is -2.35. The van der Waals surface area contributed by atoms with Crippen LogP contribution in [0.1, 0.15) is 17.9 Å². The standard InChI is InChI=1S/C12H12Cl3NOS/c1-7(13)11(17)16-5-6-18-12(16)8-3-2-4-9(14)10(8)15/h2-4,7,12H,5-6H2,1H3. The van der Waals surface area contributed by atoms with Crippen LogP contribution in [0.15, 0.2) is 18.2 Å². The van der Waals surface area contributed by atoms with Gasteiger partial charge in [-0.05, 0) is 13.0 Å². The van der Waals surface area contributed by atoms with Crippen molar-refractivity contribution in [1.82, 2.24) is 4.90 Å². The van der Waals surface area contributed by atoms with E-state index >= 15 is 0 Å². The van der Waals surface area contributed by atoms with E-state index in [-0.39, 0.29) is 11.3 Å². The topological polar surface area (TPSA) is 20.3 Å². The van der Waals surface area contributed by atoms with Crippen molar-refractivity contribution >= 4 is 52.5 Å². The van der Waals surface area contributed by atoms with Crippen molar-refractivity contribution in [3.05, 3.63) is 33.8 Å². The molecule has 0 radical (unpaired) electrons. The second-order valence-corrected chi connectivity index (χ2v) is 6.64. The Bertz CT molecular complexity index is 467. The number of carbonyl (C=O) groups is 1. The minimum absolute atomic E-state index is 0.0669. The van der Waals surface area contributed by atoms with Gasteiger partial charge in [-0.25, -0.2) is 0 Å². The van der Waals surface area contributed by atoms with Crippen LogP contribution in [0.2, 0.25) is 10.0 Å². The fourth-order valence-electron chi connectivity index (χ4n) is 1.89. The Morgan fingerprint density at radius 1 is 1.50 bits per heavy atom. The Morgan fingerprint density at radius 2 is 2.22 bits per heavy atom. The number of hydrogen-bond acceptors (Lipinski definition) is 2. The first-order chi connectivity index (χ1) is 8.52. The molecule has 1 fully saturated rings. The molecule has 0 bridgehead atoms. The highest BCUT2D eigenvalue weighted by Crippen LogP contribution is 2.43. The molecule has 0 N–H and O–H groups in total. The highest BCUT2D eigenvalue weighted by Gasteiger charge is 2.33. The molecule has 1 aromatic rings. The Balaban J connectivity index is 2.32. The van der Waals surface area contributed by atoms with Gasteiger partial charge in [0.1, 0.15) is 10.8 Å². The summed E-state index contributed by atoms with van der Waals surface area (Å²) in [7, 11) is 0. The number of benzene rings is 1. The summed E-state index contributed by atoms with van der Waals surface area (Å²) >= 11 is 19.8. The monoisotopic (exact) mass is 323 g/mol. The molecule has 2 nitrogen and oxygen atoms in total. The van der Waals surface area contributed by atoms with E-state index in [0.717, 1.165) is 11.3 Å². The quantitative estimate of drug-likeness (QED) is 0.760. The van der Waals surface area contributed by atoms with Gasteiger partial charge in [-0.2, -0.15) is 0 Å². The maximum atomic E-state index is 12.0. The predicted molar refractivity (Wildman–Crippen MR) is 78.7 cm³/mol. The van der Waals surface area contributed by atoms with Crippen LogP contribution in [0.5, 0.6) is 0 Å². The highest BCUT2D eigenvalue weighted by atomic mass is 35.5. The summed E-state index contributed by atoms with van der Waals surface area (Å²) in [4.78, 5) is 13.8. The lowest BCUT2D eigenvalue weighted by molar-refractivity contribution is -0.130. The summed E-state index contributed by atoms with van der Waals surface area (Å²) in [5.41, 5.74) is 0.873. The van der Waals surface area contributed by atoms with E-state index in [9.17, 15) is 4.79 Å². The Labute approximate surface area is 126 Å². The van der Waals surface area contributed by atoms with Crippen LogP contribution in [0.4, 0.5) is 0 Å². The molecule has 1 aliphatic heterocycles. The number of nitrogens with zero attached hydrogens (tertiary/aromatic N) is 1. The van der Waals surface area contributed by atoms with Crippen molar-refractivity contribution in [3.63, 3.8) is 0 Å². The smallest absolute Gasteiger partial charge is 0.241 e. The number of carbonyl (C=O) groups excluding carboxylic acids is 1. The summed E-state index contributed by atoms with van der Waals surface area (Å²) < 4.78 is 0. The Hall–Kier alpha value is -0.0900. The minimum atomic E-state index is -0.524. The van der Waals surface area contributed by atoms with E-state index < -0.39 is 5.38 Å². The SMILES string of the molecule is CC(Cl)C(=O)N1CCSC1c1cccc(Cl)c1Cl. The van der Waals surface area contributed by atoms with Gasteiger partial charge < -0.3 is 4.90 Å². The van der Waals surface area contributed by atoms with Gasteiger partial charge in [-0.3, -0.25) is 4.79 Å². The van der Waals surface area contributed by atoms with Crippen LogP contribution in [0.25, 0.3) is 0 Å². The van der Waals surface area contributed by atoms with Crippen molar-refractivity contribution in [2.45, 2.75) is 17.7 Å². The van der Waals surface area contributed by atoms with Crippen LogP contribution in [0.3, 0.4) is 0 Å². The number of thioether (sulfide) groups is 1. The molecule has 0 saturated carbocycles. The molecule has 98 valence electrons. The average molecular weight is 325 g/mol. The zero-order valence-electron chi connectivity index (χ0n) is 9.70. The average Bonchev–Trinajstić information content (AvgIpc) is 2.80. The molecule has 1 aliphatic rings. The van der Waals surface area contributed by atoms with Crippen LogP contribution in [-0.4, -0.2) is 28.5 Å². The molecule has 1 saturated heterocycles. The fourth-order valence-corrected chi connectivity index (χ4v) is 3.78. The molecule has 0 spiro atoms. The molecule has 1 amide bonds. The summed E-state index contributed by atoms with van der Waals surface area (Å²) in [5, 5.41) is 0.403. The van der Waals surface area contributed by atoms with Gasteiger partial charge in [0.2, 0.25) is 5.91 Å². The summed E-state index contributed by atoms with van der Waals surface area (Å²) in [6, 6.07) is 5.48. The predicted octanol–water partition coefficient (Wildman–Crippen LogP) is 4.19. The Morgan fingerprint density at radius 3 is 2.89 bits per heavy atom. The summed E-state index contributed by atoms with van der Waals surface area (Å²) in [6.45, 7) is 2.37. The van der Waals surface area contributed by atoms with Gasteiger partial charge in [-0.1, -0.05) is 35.3 Å². The maximum Gasteiger partial charge on any atom is 0.241 e. The first kappa shape index (κ1) is 14.3. The van der Waals surface area contributed by atoms with Crippen molar-refractivity contribution in [2.24, 2.45) is 0 Å². The molecule has 1 heterocycles. The zero-order valence-corrected chi connectivity index (χ0v) is 12.8. The number of halogens is 3. The van der Waals surface area contributed by atoms with Crippen LogP contribution < -0.4 is 0 Å². The second-order valence-electron chi connectivity index (χ2n) is 4.01. The maximum absolute atomic E-state index is 12.0. The molecule has 1 aromatic carbocycles. The number of amides is 1. The molecular weight excluding hydrogens is 313 g/mol. The summed E-state index contributed by atoms with van der Waals surface area (Å²) in [6.07, 6.45) is 0. The van der Waals surface area contributed by atoms with Crippen molar-refractivity contribution in [3.8, 4) is 0 Å². The lowest BCUT2D eigenvalue weighted by Gasteiger charge is -2.26. The molecule has 6 heteroatoms.